The van der Waals surface area contributed by atoms with Gasteiger partial charge in [-0.15, -0.1) is 12.4 Å². The molecule has 0 spiro atoms. The van der Waals surface area contributed by atoms with E-state index in [1.165, 1.54) is 12.8 Å². The van der Waals surface area contributed by atoms with Gasteiger partial charge in [-0.1, -0.05) is 20.8 Å². The van der Waals surface area contributed by atoms with Gasteiger partial charge in [0.2, 0.25) is 0 Å². The number of rotatable bonds is 3. The van der Waals surface area contributed by atoms with Gasteiger partial charge < -0.3 is 10.4 Å². The predicted octanol–water partition coefficient (Wildman–Crippen LogP) is 2.69. The molecule has 2 bridgehead atoms. The van der Waals surface area contributed by atoms with E-state index < -0.39 is 5.97 Å². The average Bonchev–Trinajstić information content (AvgIpc) is 2.62. The van der Waals surface area contributed by atoms with Gasteiger partial charge in [0.1, 0.15) is 0 Å². The first-order chi connectivity index (χ1) is 7.29. The van der Waals surface area contributed by atoms with Gasteiger partial charge in [0, 0.05) is 5.54 Å². The topological polar surface area (TPSA) is 49.3 Å². The van der Waals surface area contributed by atoms with Gasteiger partial charge in [-0.05, 0) is 43.1 Å². The first kappa shape index (κ1) is 14.8. The molecule has 0 aromatic heterocycles. The van der Waals surface area contributed by atoms with E-state index in [1.807, 2.05) is 7.05 Å². The number of hydrogen-bond donors (Lipinski definition) is 2. The second-order valence-electron chi connectivity index (χ2n) is 6.45. The molecule has 100 valence electrons. The maximum Gasteiger partial charge on any atom is 0.305 e. The normalized spacial score (nSPS) is 42.2. The summed E-state index contributed by atoms with van der Waals surface area (Å²) in [5, 5.41) is 12.6. The maximum atomic E-state index is 11.2. The second-order valence-corrected chi connectivity index (χ2v) is 6.45. The van der Waals surface area contributed by atoms with Crippen LogP contribution in [-0.2, 0) is 4.79 Å². The molecule has 2 fully saturated rings. The van der Waals surface area contributed by atoms with Crippen molar-refractivity contribution >= 4 is 18.4 Å². The Hall–Kier alpha value is -0.280. The van der Waals surface area contributed by atoms with Crippen LogP contribution in [0.5, 0.6) is 0 Å². The summed E-state index contributed by atoms with van der Waals surface area (Å²) in [7, 11) is 1.93. The van der Waals surface area contributed by atoms with Gasteiger partial charge in [0.05, 0.1) is 6.42 Å². The van der Waals surface area contributed by atoms with Gasteiger partial charge in [-0.2, -0.15) is 0 Å². The Morgan fingerprint density at radius 3 is 2.35 bits per heavy atom. The number of halogens is 1. The molecule has 4 heteroatoms. The molecule has 3 unspecified atom stereocenters. The number of fused-ring (bicyclic) bond motifs is 2. The molecule has 2 aliphatic rings. The van der Waals surface area contributed by atoms with Crippen molar-refractivity contribution in [1.82, 2.24) is 5.32 Å². The van der Waals surface area contributed by atoms with Crippen LogP contribution in [0.15, 0.2) is 0 Å². The number of carbonyl (C=O) groups is 1. The highest BCUT2D eigenvalue weighted by molar-refractivity contribution is 5.85. The fourth-order valence-electron chi connectivity index (χ4n) is 4.75. The minimum atomic E-state index is -0.684. The van der Waals surface area contributed by atoms with Crippen LogP contribution in [0.4, 0.5) is 0 Å². The second kappa shape index (κ2) is 4.13. The summed E-state index contributed by atoms with van der Waals surface area (Å²) < 4.78 is 0. The van der Waals surface area contributed by atoms with E-state index in [9.17, 15) is 9.90 Å². The van der Waals surface area contributed by atoms with E-state index >= 15 is 0 Å². The van der Waals surface area contributed by atoms with E-state index in [2.05, 4.69) is 26.1 Å². The summed E-state index contributed by atoms with van der Waals surface area (Å²) in [5.41, 5.74) is -0.0177. The van der Waals surface area contributed by atoms with Crippen LogP contribution < -0.4 is 5.32 Å². The third-order valence-electron chi connectivity index (χ3n) is 5.74. The monoisotopic (exact) mass is 261 g/mol. The molecule has 3 atom stereocenters. The molecule has 0 saturated heterocycles. The molecular formula is C13H24ClNO2. The van der Waals surface area contributed by atoms with Crippen LogP contribution >= 0.6 is 12.4 Å². The lowest BCUT2D eigenvalue weighted by Crippen LogP contribution is -2.63. The number of hydrogen-bond acceptors (Lipinski definition) is 2. The summed E-state index contributed by atoms with van der Waals surface area (Å²) in [6, 6.07) is 0. The molecule has 0 aromatic carbocycles. The molecule has 0 aliphatic heterocycles. The van der Waals surface area contributed by atoms with Crippen LogP contribution in [0.25, 0.3) is 0 Å². The lowest BCUT2D eigenvalue weighted by Gasteiger charge is -2.54. The van der Waals surface area contributed by atoms with Gasteiger partial charge in [0.25, 0.3) is 0 Å². The fourth-order valence-corrected chi connectivity index (χ4v) is 4.75. The van der Waals surface area contributed by atoms with Crippen molar-refractivity contribution in [2.45, 2.75) is 52.0 Å². The van der Waals surface area contributed by atoms with Gasteiger partial charge in [0.15, 0.2) is 0 Å². The SMILES string of the molecule is CNC1(CC(=O)O)C2(C)CCC(C2)C1(C)C.Cl. The van der Waals surface area contributed by atoms with E-state index in [4.69, 9.17) is 0 Å². The first-order valence-electron chi connectivity index (χ1n) is 6.20. The minimum absolute atomic E-state index is 0. The summed E-state index contributed by atoms with van der Waals surface area (Å²) in [5.74, 6) is -0.0134. The Kier molecular flexibility index (Phi) is 3.59. The van der Waals surface area contributed by atoms with E-state index in [0.717, 1.165) is 6.42 Å². The smallest absolute Gasteiger partial charge is 0.305 e. The van der Waals surface area contributed by atoms with E-state index in [-0.39, 0.29) is 35.2 Å². The Labute approximate surface area is 110 Å². The average molecular weight is 262 g/mol. The summed E-state index contributed by atoms with van der Waals surface area (Å²) in [6.45, 7) is 6.74. The maximum absolute atomic E-state index is 11.2. The minimum Gasteiger partial charge on any atom is -0.481 e. The van der Waals surface area contributed by atoms with Crippen molar-refractivity contribution in [3.63, 3.8) is 0 Å². The summed E-state index contributed by atoms with van der Waals surface area (Å²) in [4.78, 5) is 11.2. The van der Waals surface area contributed by atoms with Crippen molar-refractivity contribution < 1.29 is 9.90 Å². The zero-order valence-electron chi connectivity index (χ0n) is 11.2. The van der Waals surface area contributed by atoms with Crippen LogP contribution in [0.3, 0.4) is 0 Å². The Balaban J connectivity index is 0.00000144. The van der Waals surface area contributed by atoms with Crippen molar-refractivity contribution in [3.8, 4) is 0 Å². The molecule has 2 rings (SSSR count). The molecule has 2 N–H and O–H groups in total. The van der Waals surface area contributed by atoms with Crippen molar-refractivity contribution in [3.05, 3.63) is 0 Å². The summed E-state index contributed by atoms with van der Waals surface area (Å²) >= 11 is 0. The predicted molar refractivity (Wildman–Crippen MR) is 70.5 cm³/mol. The molecule has 2 aliphatic carbocycles. The molecule has 0 heterocycles. The van der Waals surface area contributed by atoms with Crippen LogP contribution in [0.1, 0.15) is 46.5 Å². The molecule has 0 aromatic rings. The molecular weight excluding hydrogens is 238 g/mol. The van der Waals surface area contributed by atoms with Crippen molar-refractivity contribution in [2.75, 3.05) is 7.05 Å². The highest BCUT2D eigenvalue weighted by Crippen LogP contribution is 2.68. The third-order valence-corrected chi connectivity index (χ3v) is 5.74. The number of aliphatic carboxylic acids is 1. The Morgan fingerprint density at radius 1 is 1.41 bits per heavy atom. The van der Waals surface area contributed by atoms with Crippen LogP contribution in [0.2, 0.25) is 0 Å². The molecule has 2 saturated carbocycles. The zero-order chi connectivity index (χ0) is 12.2. The highest BCUT2D eigenvalue weighted by Gasteiger charge is 2.68. The van der Waals surface area contributed by atoms with Gasteiger partial charge >= 0.3 is 5.97 Å². The molecule has 17 heavy (non-hydrogen) atoms. The lowest BCUT2D eigenvalue weighted by molar-refractivity contribution is -0.143. The van der Waals surface area contributed by atoms with Crippen LogP contribution in [0, 0.1) is 16.7 Å². The Morgan fingerprint density at radius 2 is 2.00 bits per heavy atom. The lowest BCUT2D eigenvalue weighted by atomic mass is 9.57. The van der Waals surface area contributed by atoms with Gasteiger partial charge in [-0.3, -0.25) is 4.79 Å². The molecule has 0 amide bonds. The fraction of sp³-hybridized carbons (Fsp3) is 0.923. The highest BCUT2D eigenvalue weighted by atomic mass is 35.5. The largest absolute Gasteiger partial charge is 0.481 e. The first-order valence-corrected chi connectivity index (χ1v) is 6.20. The zero-order valence-corrected chi connectivity index (χ0v) is 12.0. The number of carboxylic acids is 1. The quantitative estimate of drug-likeness (QED) is 0.821. The number of nitrogens with one attached hydrogen (secondary N) is 1. The summed E-state index contributed by atoms with van der Waals surface area (Å²) in [6.07, 6.45) is 3.83. The number of carboxylic acid groups (broad SMARTS) is 1. The van der Waals surface area contributed by atoms with E-state index in [0.29, 0.717) is 5.92 Å². The molecule has 0 radical (unpaired) electrons. The standard InChI is InChI=1S/C13H23NO2.ClH/c1-11(2)9-5-6-12(3,7-9)13(11,14-4)8-10(15)16;/h9,14H,5-8H2,1-4H3,(H,15,16);1H. The third kappa shape index (κ3) is 1.62. The van der Waals surface area contributed by atoms with Crippen molar-refractivity contribution in [2.24, 2.45) is 16.7 Å². The molecule has 3 nitrogen and oxygen atoms in total. The van der Waals surface area contributed by atoms with Gasteiger partial charge in [-0.25, -0.2) is 0 Å². The van der Waals surface area contributed by atoms with Crippen molar-refractivity contribution in [1.29, 1.82) is 0 Å². The van der Waals surface area contributed by atoms with Crippen LogP contribution in [-0.4, -0.2) is 23.7 Å². The Bertz CT molecular complexity index is 325. The van der Waals surface area contributed by atoms with E-state index in [1.54, 1.807) is 0 Å².